The van der Waals surface area contributed by atoms with Crippen molar-refractivity contribution in [1.29, 1.82) is 0 Å². The van der Waals surface area contributed by atoms with Crippen LogP contribution < -0.4 is 4.74 Å². The van der Waals surface area contributed by atoms with Crippen molar-refractivity contribution in [2.24, 2.45) is 0 Å². The standard InChI is InChI=1S/C19H16ClNO3S/c1-13-4-2-3-5-14(13)12-17-18(22)21(19(23)25-17)10-11-24-16-8-6-15(20)7-9-16/h2-9,12H,10-11H2,1H3/b17-12-. The summed E-state index contributed by atoms with van der Waals surface area (Å²) in [5.41, 5.74) is 1.99. The smallest absolute Gasteiger partial charge is 0.293 e. The molecule has 2 aromatic carbocycles. The molecule has 2 aromatic rings. The van der Waals surface area contributed by atoms with Crippen molar-refractivity contribution in [3.05, 3.63) is 69.6 Å². The maximum Gasteiger partial charge on any atom is 0.293 e. The van der Waals surface area contributed by atoms with Gasteiger partial charge in [0.25, 0.3) is 11.1 Å². The molecular formula is C19H16ClNO3S. The molecule has 128 valence electrons. The van der Waals surface area contributed by atoms with Crippen LogP contribution in [0.25, 0.3) is 6.08 Å². The van der Waals surface area contributed by atoms with Gasteiger partial charge in [-0.2, -0.15) is 0 Å². The average molecular weight is 374 g/mol. The Hall–Kier alpha value is -2.24. The monoisotopic (exact) mass is 373 g/mol. The minimum atomic E-state index is -0.280. The van der Waals surface area contributed by atoms with E-state index in [1.54, 1.807) is 30.3 Å². The van der Waals surface area contributed by atoms with Crippen molar-refractivity contribution >= 4 is 40.6 Å². The van der Waals surface area contributed by atoms with E-state index in [1.807, 2.05) is 31.2 Å². The lowest BCUT2D eigenvalue weighted by atomic mass is 10.1. The van der Waals surface area contributed by atoms with Crippen molar-refractivity contribution in [3.63, 3.8) is 0 Å². The number of hydrogen-bond acceptors (Lipinski definition) is 4. The third kappa shape index (κ3) is 4.24. The highest BCUT2D eigenvalue weighted by molar-refractivity contribution is 8.18. The van der Waals surface area contributed by atoms with E-state index in [0.29, 0.717) is 15.7 Å². The van der Waals surface area contributed by atoms with Gasteiger partial charge in [0.2, 0.25) is 0 Å². The molecule has 0 aliphatic carbocycles. The lowest BCUT2D eigenvalue weighted by molar-refractivity contribution is -0.123. The average Bonchev–Trinajstić information content (AvgIpc) is 2.86. The molecule has 0 saturated carbocycles. The molecule has 2 amide bonds. The van der Waals surface area contributed by atoms with Crippen LogP contribution in [0.3, 0.4) is 0 Å². The first kappa shape index (κ1) is 17.6. The van der Waals surface area contributed by atoms with Gasteiger partial charge in [-0.3, -0.25) is 14.5 Å². The summed E-state index contributed by atoms with van der Waals surface area (Å²) in [4.78, 5) is 26.2. The van der Waals surface area contributed by atoms with E-state index in [1.165, 1.54) is 4.90 Å². The van der Waals surface area contributed by atoms with Gasteiger partial charge in [0.15, 0.2) is 0 Å². The number of aryl methyl sites for hydroxylation is 1. The van der Waals surface area contributed by atoms with E-state index in [-0.39, 0.29) is 24.3 Å². The number of halogens is 1. The summed E-state index contributed by atoms with van der Waals surface area (Å²) in [6, 6.07) is 14.7. The van der Waals surface area contributed by atoms with Gasteiger partial charge in [0.1, 0.15) is 12.4 Å². The molecule has 0 bridgehead atoms. The van der Waals surface area contributed by atoms with Gasteiger partial charge in [0, 0.05) is 5.02 Å². The number of carbonyl (C=O) groups is 2. The molecule has 25 heavy (non-hydrogen) atoms. The van der Waals surface area contributed by atoms with Gasteiger partial charge in [-0.1, -0.05) is 35.9 Å². The molecule has 0 aromatic heterocycles. The van der Waals surface area contributed by atoms with Crippen molar-refractivity contribution < 1.29 is 14.3 Å². The number of rotatable bonds is 5. The lowest BCUT2D eigenvalue weighted by Crippen LogP contribution is -2.32. The molecule has 0 spiro atoms. The maximum absolute atomic E-state index is 12.5. The summed E-state index contributed by atoms with van der Waals surface area (Å²) in [7, 11) is 0. The number of carbonyl (C=O) groups excluding carboxylic acids is 2. The third-order valence-electron chi connectivity index (χ3n) is 3.75. The Morgan fingerprint density at radius 2 is 1.84 bits per heavy atom. The molecule has 1 aliphatic heterocycles. The fraction of sp³-hybridized carbons (Fsp3) is 0.158. The number of hydrogen-bond donors (Lipinski definition) is 0. The van der Waals surface area contributed by atoms with E-state index >= 15 is 0 Å². The quantitative estimate of drug-likeness (QED) is 0.708. The molecule has 6 heteroatoms. The minimum Gasteiger partial charge on any atom is -0.492 e. The van der Waals surface area contributed by atoms with Gasteiger partial charge in [-0.25, -0.2) is 0 Å². The zero-order valence-corrected chi connectivity index (χ0v) is 15.1. The van der Waals surface area contributed by atoms with Crippen molar-refractivity contribution in [3.8, 4) is 5.75 Å². The number of benzene rings is 2. The summed E-state index contributed by atoms with van der Waals surface area (Å²) < 4.78 is 5.56. The summed E-state index contributed by atoms with van der Waals surface area (Å²) in [6.07, 6.45) is 1.76. The fourth-order valence-electron chi connectivity index (χ4n) is 2.37. The topological polar surface area (TPSA) is 46.6 Å². The van der Waals surface area contributed by atoms with E-state index in [0.717, 1.165) is 22.9 Å². The maximum atomic E-state index is 12.5. The SMILES string of the molecule is Cc1ccccc1/C=C1\SC(=O)N(CCOc2ccc(Cl)cc2)C1=O. The number of ether oxygens (including phenoxy) is 1. The van der Waals surface area contributed by atoms with E-state index in [9.17, 15) is 9.59 Å². The second-order valence-electron chi connectivity index (χ2n) is 5.49. The number of imide groups is 1. The Kier molecular flexibility index (Phi) is 5.46. The molecular weight excluding hydrogens is 358 g/mol. The Morgan fingerprint density at radius 3 is 2.56 bits per heavy atom. The molecule has 0 unspecified atom stereocenters. The molecule has 1 heterocycles. The summed E-state index contributed by atoms with van der Waals surface area (Å²) >= 11 is 6.78. The van der Waals surface area contributed by atoms with Crippen LogP contribution in [0.15, 0.2) is 53.4 Å². The first-order chi connectivity index (χ1) is 12.0. The van der Waals surface area contributed by atoms with Crippen LogP contribution >= 0.6 is 23.4 Å². The highest BCUT2D eigenvalue weighted by atomic mass is 35.5. The summed E-state index contributed by atoms with van der Waals surface area (Å²) in [6.45, 7) is 2.41. The van der Waals surface area contributed by atoms with Crippen LogP contribution in [0.5, 0.6) is 5.75 Å². The van der Waals surface area contributed by atoms with Crippen LogP contribution in [0.4, 0.5) is 4.79 Å². The molecule has 1 fully saturated rings. The zero-order chi connectivity index (χ0) is 17.8. The molecule has 3 rings (SSSR count). The second kappa shape index (κ2) is 7.76. The van der Waals surface area contributed by atoms with Crippen LogP contribution in [0, 0.1) is 6.92 Å². The highest BCUT2D eigenvalue weighted by Gasteiger charge is 2.34. The molecule has 0 N–H and O–H groups in total. The van der Waals surface area contributed by atoms with E-state index < -0.39 is 0 Å². The normalized spacial score (nSPS) is 15.9. The second-order valence-corrected chi connectivity index (χ2v) is 6.92. The van der Waals surface area contributed by atoms with Gasteiger partial charge < -0.3 is 4.74 Å². The van der Waals surface area contributed by atoms with Crippen LogP contribution in [0.1, 0.15) is 11.1 Å². The Labute approximate surface area is 155 Å². The molecule has 0 radical (unpaired) electrons. The van der Waals surface area contributed by atoms with Crippen molar-refractivity contribution in [2.45, 2.75) is 6.92 Å². The Bertz CT molecular complexity index is 833. The Morgan fingerprint density at radius 1 is 1.12 bits per heavy atom. The lowest BCUT2D eigenvalue weighted by Gasteiger charge is -2.13. The highest BCUT2D eigenvalue weighted by Crippen LogP contribution is 2.32. The number of thioether (sulfide) groups is 1. The van der Waals surface area contributed by atoms with E-state index in [2.05, 4.69) is 0 Å². The van der Waals surface area contributed by atoms with Crippen LogP contribution in [0.2, 0.25) is 5.02 Å². The van der Waals surface area contributed by atoms with E-state index in [4.69, 9.17) is 16.3 Å². The van der Waals surface area contributed by atoms with Crippen LogP contribution in [-0.4, -0.2) is 29.2 Å². The van der Waals surface area contributed by atoms with Gasteiger partial charge in [-0.15, -0.1) is 0 Å². The first-order valence-corrected chi connectivity index (χ1v) is 8.93. The summed E-state index contributed by atoms with van der Waals surface area (Å²) in [5.74, 6) is 0.366. The number of nitrogens with zero attached hydrogens (tertiary/aromatic N) is 1. The fourth-order valence-corrected chi connectivity index (χ4v) is 3.35. The Balaban J connectivity index is 1.63. The molecule has 4 nitrogen and oxygen atoms in total. The third-order valence-corrected chi connectivity index (χ3v) is 4.91. The van der Waals surface area contributed by atoms with Gasteiger partial charge in [-0.05, 0) is 60.2 Å². The zero-order valence-electron chi connectivity index (χ0n) is 13.6. The summed E-state index contributed by atoms with van der Waals surface area (Å²) in [5, 5.41) is 0.351. The minimum absolute atomic E-state index is 0.207. The van der Waals surface area contributed by atoms with Crippen molar-refractivity contribution in [1.82, 2.24) is 4.90 Å². The largest absolute Gasteiger partial charge is 0.492 e. The number of amides is 2. The first-order valence-electron chi connectivity index (χ1n) is 7.74. The van der Waals surface area contributed by atoms with Crippen molar-refractivity contribution in [2.75, 3.05) is 13.2 Å². The molecule has 1 aliphatic rings. The predicted molar refractivity (Wildman–Crippen MR) is 101 cm³/mol. The van der Waals surface area contributed by atoms with Gasteiger partial charge >= 0.3 is 0 Å². The van der Waals surface area contributed by atoms with Crippen LogP contribution in [-0.2, 0) is 4.79 Å². The molecule has 0 atom stereocenters. The predicted octanol–water partition coefficient (Wildman–Crippen LogP) is 4.76. The van der Waals surface area contributed by atoms with Gasteiger partial charge in [0.05, 0.1) is 11.4 Å². The molecule has 1 saturated heterocycles.